The van der Waals surface area contributed by atoms with Gasteiger partial charge in [-0.25, -0.2) is 19.9 Å². The lowest BCUT2D eigenvalue weighted by molar-refractivity contribution is -0.130. The normalized spacial score (nSPS) is 22.9. The minimum Gasteiger partial charge on any atom is -0.382 e. The first kappa shape index (κ1) is 21.2. The van der Waals surface area contributed by atoms with Crippen molar-refractivity contribution >= 4 is 34.2 Å². The van der Waals surface area contributed by atoms with Gasteiger partial charge < -0.3 is 25.1 Å². The molecular weight excluding hydrogens is 418 g/mol. The van der Waals surface area contributed by atoms with E-state index in [-0.39, 0.29) is 35.6 Å². The van der Waals surface area contributed by atoms with E-state index in [4.69, 9.17) is 15.2 Å². The number of anilines is 1. The first-order valence-corrected chi connectivity index (χ1v) is 10.7. The number of amides is 1. The summed E-state index contributed by atoms with van der Waals surface area (Å²) in [5, 5.41) is 5.39. The highest BCUT2D eigenvalue weighted by molar-refractivity contribution is 7.10. The summed E-state index contributed by atoms with van der Waals surface area (Å²) < 4.78 is 13.3. The van der Waals surface area contributed by atoms with Crippen molar-refractivity contribution < 1.29 is 14.3 Å². The maximum atomic E-state index is 12.6. The van der Waals surface area contributed by atoms with E-state index in [0.717, 1.165) is 0 Å². The van der Waals surface area contributed by atoms with Gasteiger partial charge >= 0.3 is 0 Å². The average Bonchev–Trinajstić information content (AvgIpc) is 3.49. The van der Waals surface area contributed by atoms with Crippen LogP contribution in [-0.4, -0.2) is 63.4 Å². The van der Waals surface area contributed by atoms with Gasteiger partial charge in [0.1, 0.15) is 11.6 Å². The summed E-state index contributed by atoms with van der Waals surface area (Å²) >= 11 is 1.43. The standard InChI is InChI=1S/C20H23N7O3S/c1-4-22-20(28)11-9-12(17(30-3)16(11)29-2)27-10-24-15-18(21)25-13(26-19(15)27)5-6-14-23-7-8-31-14/h7-8,10-12,16-17H,4,9H2,1-3H3,(H,22,28)(H2,21,25,26)/t11-,12+,16+,17-/m0/s1. The fourth-order valence-electron chi connectivity index (χ4n) is 4.03. The van der Waals surface area contributed by atoms with Gasteiger partial charge in [-0.15, -0.1) is 11.3 Å². The number of nitrogens with zero attached hydrogens (tertiary/aromatic N) is 5. The van der Waals surface area contributed by atoms with Crippen LogP contribution in [0.1, 0.15) is 30.2 Å². The molecule has 162 valence electrons. The summed E-state index contributed by atoms with van der Waals surface area (Å²) in [6.45, 7) is 2.43. The Morgan fingerprint density at radius 3 is 2.77 bits per heavy atom. The third-order valence-electron chi connectivity index (χ3n) is 5.35. The molecule has 4 rings (SSSR count). The summed E-state index contributed by atoms with van der Waals surface area (Å²) in [7, 11) is 3.20. The number of rotatable bonds is 5. The molecule has 0 aliphatic heterocycles. The Balaban J connectivity index is 1.73. The molecule has 0 bridgehead atoms. The maximum Gasteiger partial charge on any atom is 0.225 e. The molecular formula is C20H23N7O3S. The molecule has 10 nitrogen and oxygen atoms in total. The fraction of sp³-hybridized carbons (Fsp3) is 0.450. The third kappa shape index (κ3) is 3.97. The minimum absolute atomic E-state index is 0.0625. The molecule has 1 aliphatic carbocycles. The van der Waals surface area contributed by atoms with E-state index >= 15 is 0 Å². The summed E-state index contributed by atoms with van der Waals surface area (Å²) in [5.74, 6) is 5.94. The van der Waals surface area contributed by atoms with E-state index in [0.29, 0.717) is 29.1 Å². The highest BCUT2D eigenvalue weighted by atomic mass is 32.1. The number of hydrogen-bond acceptors (Lipinski definition) is 9. The van der Waals surface area contributed by atoms with Crippen LogP contribution in [-0.2, 0) is 14.3 Å². The molecule has 3 N–H and O–H groups in total. The molecule has 0 spiro atoms. The SMILES string of the molecule is CCNC(=O)[C@H]1C[C@@H](n2cnc3c(N)nc(C#Cc4nccs4)nc32)[C@H](OC)[C@@H]1OC. The lowest BCUT2D eigenvalue weighted by Gasteiger charge is -2.24. The number of ether oxygens (including phenoxy) is 2. The number of fused-ring (bicyclic) bond motifs is 1. The number of imidazole rings is 1. The van der Waals surface area contributed by atoms with E-state index in [1.54, 1.807) is 26.7 Å². The average molecular weight is 442 g/mol. The van der Waals surface area contributed by atoms with Gasteiger partial charge in [-0.3, -0.25) is 4.79 Å². The molecule has 3 aromatic rings. The summed E-state index contributed by atoms with van der Waals surface area (Å²) in [4.78, 5) is 30.0. The van der Waals surface area contributed by atoms with E-state index in [1.807, 2.05) is 16.9 Å². The first-order valence-electron chi connectivity index (χ1n) is 9.82. The molecule has 3 aromatic heterocycles. The Hall–Kier alpha value is -3.07. The molecule has 31 heavy (non-hydrogen) atoms. The Labute approximate surface area is 183 Å². The van der Waals surface area contributed by atoms with Crippen LogP contribution in [0.5, 0.6) is 0 Å². The summed E-state index contributed by atoms with van der Waals surface area (Å²) in [5.41, 5.74) is 7.14. The Morgan fingerprint density at radius 2 is 2.10 bits per heavy atom. The van der Waals surface area contributed by atoms with Crippen LogP contribution in [0.4, 0.5) is 5.82 Å². The van der Waals surface area contributed by atoms with Gasteiger partial charge in [-0.2, -0.15) is 0 Å². The molecule has 0 radical (unpaired) electrons. The number of carbonyl (C=O) groups is 1. The van der Waals surface area contributed by atoms with Crippen LogP contribution >= 0.6 is 11.3 Å². The van der Waals surface area contributed by atoms with Gasteiger partial charge in [-0.05, 0) is 25.2 Å². The van der Waals surface area contributed by atoms with Crippen LogP contribution in [0, 0.1) is 17.8 Å². The van der Waals surface area contributed by atoms with Crippen molar-refractivity contribution in [3.63, 3.8) is 0 Å². The lowest BCUT2D eigenvalue weighted by atomic mass is 10.0. The Kier molecular flexibility index (Phi) is 6.13. The number of nitrogen functional groups attached to an aromatic ring is 1. The van der Waals surface area contributed by atoms with E-state index < -0.39 is 6.10 Å². The lowest BCUT2D eigenvalue weighted by Crippen LogP contribution is -2.40. The van der Waals surface area contributed by atoms with Crippen LogP contribution in [0.25, 0.3) is 11.2 Å². The number of methoxy groups -OCH3 is 2. The molecule has 1 amide bonds. The van der Waals surface area contributed by atoms with Crippen molar-refractivity contribution in [3.05, 3.63) is 28.7 Å². The molecule has 11 heteroatoms. The fourth-order valence-corrected chi connectivity index (χ4v) is 4.51. The molecule has 1 fully saturated rings. The van der Waals surface area contributed by atoms with Gasteiger partial charge in [0.05, 0.1) is 24.4 Å². The molecule has 0 unspecified atom stereocenters. The van der Waals surface area contributed by atoms with Crippen molar-refractivity contribution in [1.82, 2.24) is 29.8 Å². The topological polar surface area (TPSA) is 130 Å². The summed E-state index contributed by atoms with van der Waals surface area (Å²) in [6.07, 6.45) is 3.08. The van der Waals surface area contributed by atoms with E-state index in [9.17, 15) is 4.79 Å². The van der Waals surface area contributed by atoms with E-state index in [2.05, 4.69) is 37.1 Å². The van der Waals surface area contributed by atoms with Crippen molar-refractivity contribution in [1.29, 1.82) is 0 Å². The molecule has 1 saturated carbocycles. The Bertz CT molecular complexity index is 1140. The van der Waals surface area contributed by atoms with Crippen LogP contribution in [0.15, 0.2) is 17.9 Å². The summed E-state index contributed by atoms with van der Waals surface area (Å²) in [6, 6.07) is -0.221. The first-order chi connectivity index (χ1) is 15.1. The van der Waals surface area contributed by atoms with Gasteiger partial charge in [-0.1, -0.05) is 0 Å². The number of thiazole rings is 1. The molecule has 3 heterocycles. The zero-order chi connectivity index (χ0) is 22.0. The zero-order valence-electron chi connectivity index (χ0n) is 17.4. The maximum absolute atomic E-state index is 12.6. The smallest absolute Gasteiger partial charge is 0.225 e. The quantitative estimate of drug-likeness (QED) is 0.561. The molecule has 1 aliphatic rings. The molecule has 4 atom stereocenters. The number of hydrogen-bond donors (Lipinski definition) is 2. The third-order valence-corrected chi connectivity index (χ3v) is 6.03. The van der Waals surface area contributed by atoms with Gasteiger partial charge in [0, 0.05) is 32.3 Å². The monoisotopic (exact) mass is 441 g/mol. The second-order valence-corrected chi connectivity index (χ2v) is 7.94. The second kappa shape index (κ2) is 8.97. The van der Waals surface area contributed by atoms with Crippen molar-refractivity contribution in [2.75, 3.05) is 26.5 Å². The predicted octanol–water partition coefficient (Wildman–Crippen LogP) is 0.992. The van der Waals surface area contributed by atoms with Gasteiger partial charge in [0.2, 0.25) is 11.7 Å². The minimum atomic E-state index is -0.401. The van der Waals surface area contributed by atoms with Crippen molar-refractivity contribution in [2.45, 2.75) is 31.6 Å². The highest BCUT2D eigenvalue weighted by Gasteiger charge is 2.48. The number of nitrogens with two attached hydrogens (primary N) is 1. The van der Waals surface area contributed by atoms with Crippen LogP contribution in [0.3, 0.4) is 0 Å². The van der Waals surface area contributed by atoms with Gasteiger partial charge in [0.15, 0.2) is 16.5 Å². The predicted molar refractivity (Wildman–Crippen MR) is 115 cm³/mol. The largest absolute Gasteiger partial charge is 0.382 e. The molecule has 0 saturated heterocycles. The van der Waals surface area contributed by atoms with Crippen LogP contribution < -0.4 is 11.1 Å². The van der Waals surface area contributed by atoms with Crippen molar-refractivity contribution in [3.8, 4) is 11.8 Å². The van der Waals surface area contributed by atoms with E-state index in [1.165, 1.54) is 11.3 Å². The second-order valence-electron chi connectivity index (χ2n) is 7.05. The highest BCUT2D eigenvalue weighted by Crippen LogP contribution is 2.40. The number of nitrogens with one attached hydrogen (secondary N) is 1. The van der Waals surface area contributed by atoms with Gasteiger partial charge in [0.25, 0.3) is 0 Å². The number of aromatic nitrogens is 5. The Morgan fingerprint density at radius 1 is 1.29 bits per heavy atom. The zero-order valence-corrected chi connectivity index (χ0v) is 18.2. The van der Waals surface area contributed by atoms with Crippen LogP contribution in [0.2, 0.25) is 0 Å². The number of carbonyl (C=O) groups excluding carboxylic acids is 1. The molecule has 0 aromatic carbocycles. The van der Waals surface area contributed by atoms with Crippen molar-refractivity contribution in [2.24, 2.45) is 5.92 Å².